The number of rotatable bonds is 3. The topological polar surface area (TPSA) is 87.2 Å². The van der Waals surface area contributed by atoms with Crippen LogP contribution in [0.25, 0.3) is 5.73 Å². The van der Waals surface area contributed by atoms with Crippen molar-refractivity contribution in [3.05, 3.63) is 33.5 Å². The Labute approximate surface area is 153 Å². The van der Waals surface area contributed by atoms with Crippen LogP contribution in [0.2, 0.25) is 0 Å². The summed E-state index contributed by atoms with van der Waals surface area (Å²) in [4.78, 5) is 24.0. The first-order valence-electron chi connectivity index (χ1n) is 6.38. The van der Waals surface area contributed by atoms with E-state index in [0.717, 1.165) is 12.8 Å². The van der Waals surface area contributed by atoms with Crippen molar-refractivity contribution in [2.24, 2.45) is 0 Å². The van der Waals surface area contributed by atoms with Crippen LogP contribution in [0, 0.1) is 54.2 Å². The Kier molecular flexibility index (Phi) is 6.41. The molecule has 0 aliphatic carbocycles. The Balaban J connectivity index is 0.00000200. The molecule has 1 amide bonds. The number of fused-ring (bicyclic) bond motifs is 1. The van der Waals surface area contributed by atoms with E-state index < -0.39 is 4.92 Å². The second kappa shape index (κ2) is 7.37. The van der Waals surface area contributed by atoms with Gasteiger partial charge in [-0.15, -0.1) is 0 Å². The Morgan fingerprint density at radius 1 is 1.50 bits per heavy atom. The molecule has 105 valence electrons. The maximum absolute atomic E-state index is 12.0. The molecule has 1 aliphatic heterocycles. The molecule has 1 aromatic carbocycles. The summed E-state index contributed by atoms with van der Waals surface area (Å²) >= 11 is 0. The second-order valence-corrected chi connectivity index (χ2v) is 4.61. The first kappa shape index (κ1) is 17.4. The van der Waals surface area contributed by atoms with E-state index in [4.69, 9.17) is 5.73 Å². The number of amides is 1. The van der Waals surface area contributed by atoms with Gasteiger partial charge >= 0.3 is 0 Å². The van der Waals surface area contributed by atoms with Crippen LogP contribution in [0.1, 0.15) is 31.7 Å². The van der Waals surface area contributed by atoms with E-state index in [-0.39, 0.29) is 61.3 Å². The van der Waals surface area contributed by atoms with Crippen molar-refractivity contribution < 1.29 is 53.8 Å². The molecule has 0 aromatic heterocycles. The van der Waals surface area contributed by atoms with Crippen molar-refractivity contribution in [1.29, 1.82) is 0 Å². The van der Waals surface area contributed by atoms with Gasteiger partial charge in [-0.05, 0) is 30.9 Å². The first-order valence-corrected chi connectivity index (χ1v) is 6.38. The molecule has 6 nitrogen and oxygen atoms in total. The summed E-state index contributed by atoms with van der Waals surface area (Å²) in [5.41, 5.74) is 8.94. The van der Waals surface area contributed by atoms with E-state index in [9.17, 15) is 14.9 Å². The second-order valence-electron chi connectivity index (χ2n) is 4.61. The molecular weight excluding hydrogens is 473 g/mol. The summed E-state index contributed by atoms with van der Waals surface area (Å²) in [5, 5.41) is 10.8. The summed E-state index contributed by atoms with van der Waals surface area (Å²) in [7, 11) is 0. The number of nitro benzene ring substituents is 1. The van der Waals surface area contributed by atoms with Crippen LogP contribution in [0.4, 0.5) is 17.1 Å². The van der Waals surface area contributed by atoms with Gasteiger partial charge in [-0.25, -0.2) is 0 Å². The van der Waals surface area contributed by atoms with Gasteiger partial charge in [0.2, 0.25) is 5.91 Å². The number of carbonyl (C=O) groups is 1. The number of hydrogen-bond donors (Lipinski definition) is 0. The zero-order valence-electron chi connectivity index (χ0n) is 11.4. The minimum atomic E-state index is -0.546. The smallest absolute Gasteiger partial charge is 0.254 e. The van der Waals surface area contributed by atoms with E-state index in [1.54, 1.807) is 11.0 Å². The van der Waals surface area contributed by atoms with E-state index in [1.807, 2.05) is 6.92 Å². The van der Waals surface area contributed by atoms with Gasteiger partial charge in [0.1, 0.15) is 0 Å². The fourth-order valence-electron chi connectivity index (χ4n) is 2.42. The molecule has 0 saturated heterocycles. The molecule has 1 N–H and O–H groups in total. The van der Waals surface area contributed by atoms with Gasteiger partial charge < -0.3 is 10.6 Å². The number of benzene rings is 1. The molecular formula is C13H16AcN3O3-. The van der Waals surface area contributed by atoms with Crippen molar-refractivity contribution in [2.45, 2.75) is 32.6 Å². The van der Waals surface area contributed by atoms with Crippen LogP contribution in [0.15, 0.2) is 12.1 Å². The van der Waals surface area contributed by atoms with Crippen LogP contribution in [0.5, 0.6) is 0 Å². The Morgan fingerprint density at radius 2 is 2.20 bits per heavy atom. The summed E-state index contributed by atoms with van der Waals surface area (Å²) < 4.78 is 0. The van der Waals surface area contributed by atoms with Gasteiger partial charge in [-0.2, -0.15) is 0 Å². The molecule has 1 radical (unpaired) electrons. The minimum Gasteiger partial charge on any atom is -0.693 e. The largest absolute Gasteiger partial charge is 0.693 e. The molecule has 0 spiro atoms. The van der Waals surface area contributed by atoms with Crippen molar-refractivity contribution in [1.82, 2.24) is 0 Å². The Bertz CT molecular complexity index is 534. The number of hydrogen-bond acceptors (Lipinski definition) is 3. The standard InChI is InChI=1S/C13H16N3O3.Ac/c1-2-4-12(17)15-8-3-5-9-10(15)6-7-11(13(9)14)16(18)19;/h6-7,14H,2-5,8H2,1H3;/q-1;. The molecule has 2 rings (SSSR count). The van der Waals surface area contributed by atoms with Crippen molar-refractivity contribution in [3.63, 3.8) is 0 Å². The van der Waals surface area contributed by atoms with Crippen LogP contribution in [0.3, 0.4) is 0 Å². The molecule has 0 atom stereocenters. The number of carbonyl (C=O) groups excluding carboxylic acids is 1. The number of nitrogens with one attached hydrogen (secondary N) is 1. The van der Waals surface area contributed by atoms with Gasteiger partial charge in [0, 0.05) is 68.8 Å². The monoisotopic (exact) mass is 489 g/mol. The minimum absolute atomic E-state index is 0. The SMILES string of the molecule is CCCC(=O)N1CCCc2c1ccc([N+](=O)[O-])c2[NH-].[Ac]. The van der Waals surface area contributed by atoms with E-state index in [2.05, 4.69) is 0 Å². The van der Waals surface area contributed by atoms with Gasteiger partial charge in [-0.3, -0.25) is 14.9 Å². The van der Waals surface area contributed by atoms with Crippen LogP contribution in [-0.2, 0) is 11.2 Å². The molecule has 20 heavy (non-hydrogen) atoms. The maximum atomic E-state index is 12.0. The first-order chi connectivity index (χ1) is 9.06. The summed E-state index contributed by atoms with van der Waals surface area (Å²) in [6, 6.07) is 2.91. The zero-order chi connectivity index (χ0) is 14.0. The van der Waals surface area contributed by atoms with Gasteiger partial charge in [0.15, 0.2) is 0 Å². The quantitative estimate of drug-likeness (QED) is 0.482. The van der Waals surface area contributed by atoms with Gasteiger partial charge in [0.25, 0.3) is 5.69 Å². The normalized spacial score (nSPS) is 13.3. The summed E-state index contributed by atoms with van der Waals surface area (Å²) in [6.45, 7) is 2.57. The number of anilines is 1. The van der Waals surface area contributed by atoms with Gasteiger partial charge in [0.05, 0.1) is 4.92 Å². The third kappa shape index (κ3) is 3.32. The van der Waals surface area contributed by atoms with Gasteiger partial charge in [-0.1, -0.05) is 12.6 Å². The molecule has 0 fully saturated rings. The summed E-state index contributed by atoms with van der Waals surface area (Å²) in [5.74, 6) is 0.0247. The maximum Gasteiger partial charge on any atom is 0.254 e. The summed E-state index contributed by atoms with van der Waals surface area (Å²) in [6.07, 6.45) is 2.59. The molecule has 7 heteroatoms. The van der Waals surface area contributed by atoms with E-state index in [1.165, 1.54) is 6.07 Å². The third-order valence-electron chi connectivity index (χ3n) is 3.33. The predicted molar refractivity (Wildman–Crippen MR) is 72.7 cm³/mol. The van der Waals surface area contributed by atoms with Crippen LogP contribution in [-0.4, -0.2) is 17.4 Å². The fraction of sp³-hybridized carbons (Fsp3) is 0.462. The fourth-order valence-corrected chi connectivity index (χ4v) is 2.42. The van der Waals surface area contributed by atoms with Crippen molar-refractivity contribution in [3.8, 4) is 0 Å². The molecule has 0 unspecified atom stereocenters. The molecule has 1 aliphatic rings. The van der Waals surface area contributed by atoms with Crippen LogP contribution < -0.4 is 4.90 Å². The number of nitrogens with zero attached hydrogens (tertiary/aromatic N) is 2. The average molecular weight is 489 g/mol. The van der Waals surface area contributed by atoms with Crippen molar-refractivity contribution >= 4 is 23.0 Å². The average Bonchev–Trinajstić information content (AvgIpc) is 2.38. The molecule has 1 aromatic rings. The predicted octanol–water partition coefficient (Wildman–Crippen LogP) is 3.36. The molecule has 1 heterocycles. The van der Waals surface area contributed by atoms with E-state index in [0.29, 0.717) is 30.6 Å². The number of nitro groups is 1. The Morgan fingerprint density at radius 3 is 2.80 bits per heavy atom. The third-order valence-corrected chi connectivity index (χ3v) is 3.33. The van der Waals surface area contributed by atoms with Crippen molar-refractivity contribution in [2.75, 3.05) is 11.4 Å². The zero-order valence-corrected chi connectivity index (χ0v) is 16.1. The van der Waals surface area contributed by atoms with Crippen LogP contribution >= 0.6 is 0 Å². The van der Waals surface area contributed by atoms with E-state index >= 15 is 0 Å². The Hall–Kier alpha value is -0.668. The molecule has 0 bridgehead atoms. The molecule has 0 saturated carbocycles.